The lowest BCUT2D eigenvalue weighted by Crippen LogP contribution is -2.07. The van der Waals surface area contributed by atoms with E-state index in [1.807, 2.05) is 0 Å². The van der Waals surface area contributed by atoms with Gasteiger partial charge < -0.3 is 5.11 Å². The fourth-order valence-corrected chi connectivity index (χ4v) is 2.24. The van der Waals surface area contributed by atoms with Gasteiger partial charge in [-0.05, 0) is 24.3 Å². The average Bonchev–Trinajstić information content (AvgIpc) is 2.74. The van der Waals surface area contributed by atoms with Crippen molar-refractivity contribution in [2.75, 3.05) is 5.75 Å². The van der Waals surface area contributed by atoms with E-state index in [0.29, 0.717) is 11.4 Å². The first-order valence-corrected chi connectivity index (χ1v) is 6.06. The van der Waals surface area contributed by atoms with Gasteiger partial charge in [-0.15, -0.1) is 16.9 Å². The van der Waals surface area contributed by atoms with Gasteiger partial charge in [0.2, 0.25) is 0 Å². The summed E-state index contributed by atoms with van der Waals surface area (Å²) in [6.45, 7) is 0. The monoisotopic (exact) mass is 253 g/mol. The van der Waals surface area contributed by atoms with Gasteiger partial charge in [-0.3, -0.25) is 0 Å². The van der Waals surface area contributed by atoms with Gasteiger partial charge in [0.1, 0.15) is 11.9 Å². The van der Waals surface area contributed by atoms with Crippen molar-refractivity contribution in [3.05, 3.63) is 42.0 Å². The van der Waals surface area contributed by atoms with Gasteiger partial charge >= 0.3 is 0 Å². The molecule has 0 saturated heterocycles. The van der Waals surface area contributed by atoms with E-state index in [0.717, 1.165) is 4.90 Å². The van der Waals surface area contributed by atoms with Crippen molar-refractivity contribution >= 4 is 11.8 Å². The van der Waals surface area contributed by atoms with Crippen molar-refractivity contribution in [1.82, 2.24) is 15.0 Å². The number of rotatable bonds is 4. The number of halogens is 1. The van der Waals surface area contributed by atoms with Crippen LogP contribution in [0.2, 0.25) is 0 Å². The summed E-state index contributed by atoms with van der Waals surface area (Å²) in [6.07, 6.45) is 0.903. The van der Waals surface area contributed by atoms with Crippen LogP contribution < -0.4 is 0 Å². The maximum atomic E-state index is 12.7. The van der Waals surface area contributed by atoms with Gasteiger partial charge in [0, 0.05) is 17.7 Å². The van der Waals surface area contributed by atoms with Crippen LogP contribution in [-0.4, -0.2) is 25.9 Å². The van der Waals surface area contributed by atoms with E-state index in [2.05, 4.69) is 10.3 Å². The molecule has 2 aromatic rings. The van der Waals surface area contributed by atoms with Crippen LogP contribution in [0.25, 0.3) is 0 Å². The predicted octanol–water partition coefficient (Wildman–Crippen LogP) is 1.78. The molecule has 4 nitrogen and oxygen atoms in total. The van der Waals surface area contributed by atoms with Crippen molar-refractivity contribution < 1.29 is 9.50 Å². The summed E-state index contributed by atoms with van der Waals surface area (Å²) >= 11 is 1.46. The van der Waals surface area contributed by atoms with Crippen molar-refractivity contribution in [3.63, 3.8) is 0 Å². The Bertz CT molecular complexity index is 486. The zero-order valence-electron chi connectivity index (χ0n) is 9.25. The number of hydrogen-bond acceptors (Lipinski definition) is 4. The minimum atomic E-state index is -0.634. The quantitative estimate of drug-likeness (QED) is 0.844. The topological polar surface area (TPSA) is 50.9 Å². The largest absolute Gasteiger partial charge is 0.386 e. The number of benzene rings is 1. The van der Waals surface area contributed by atoms with Crippen LogP contribution in [0.5, 0.6) is 0 Å². The predicted molar refractivity (Wildman–Crippen MR) is 63.1 cm³/mol. The van der Waals surface area contributed by atoms with Crippen LogP contribution in [0, 0.1) is 5.82 Å². The number of hydrogen-bond donors (Lipinski definition) is 1. The van der Waals surface area contributed by atoms with Gasteiger partial charge in [0.05, 0.1) is 11.9 Å². The average molecular weight is 253 g/mol. The summed E-state index contributed by atoms with van der Waals surface area (Å²) in [5.74, 6) is 0.220. The normalized spacial score (nSPS) is 12.6. The number of aryl methyl sites for hydroxylation is 1. The summed E-state index contributed by atoms with van der Waals surface area (Å²) in [6, 6.07) is 6.18. The first kappa shape index (κ1) is 12.1. The molecule has 1 N–H and O–H groups in total. The minimum absolute atomic E-state index is 0.259. The van der Waals surface area contributed by atoms with E-state index in [4.69, 9.17) is 0 Å². The third-order valence-corrected chi connectivity index (χ3v) is 3.40. The Labute approximate surface area is 102 Å². The number of aliphatic hydroxyl groups excluding tert-OH is 1. The Hall–Kier alpha value is -1.40. The maximum Gasteiger partial charge on any atom is 0.123 e. The SMILES string of the molecule is Cn1nncc1C(O)CSc1ccc(F)cc1. The number of aliphatic hydroxyl groups is 1. The highest BCUT2D eigenvalue weighted by Crippen LogP contribution is 2.24. The van der Waals surface area contributed by atoms with Gasteiger partial charge in [-0.2, -0.15) is 0 Å². The summed E-state index contributed by atoms with van der Waals surface area (Å²) in [5.41, 5.74) is 0.666. The van der Waals surface area contributed by atoms with E-state index in [1.54, 1.807) is 19.2 Å². The molecule has 0 saturated carbocycles. The standard InChI is InChI=1S/C11H12FN3OS/c1-15-10(6-13-14-15)11(16)7-17-9-4-2-8(12)3-5-9/h2-6,11,16H,7H2,1H3. The van der Waals surface area contributed by atoms with Crippen LogP contribution in [0.4, 0.5) is 4.39 Å². The molecule has 0 spiro atoms. The minimum Gasteiger partial charge on any atom is -0.386 e. The summed E-state index contributed by atoms with van der Waals surface area (Å²) in [7, 11) is 1.73. The molecule has 1 aromatic heterocycles. The van der Waals surface area contributed by atoms with E-state index >= 15 is 0 Å². The zero-order chi connectivity index (χ0) is 12.3. The molecule has 0 fully saturated rings. The van der Waals surface area contributed by atoms with Crippen molar-refractivity contribution in [2.24, 2.45) is 7.05 Å². The fraction of sp³-hybridized carbons (Fsp3) is 0.273. The molecule has 1 aromatic carbocycles. The van der Waals surface area contributed by atoms with Crippen LogP contribution in [0.15, 0.2) is 35.4 Å². The van der Waals surface area contributed by atoms with Crippen LogP contribution >= 0.6 is 11.8 Å². The number of thioether (sulfide) groups is 1. The molecule has 0 aliphatic rings. The molecule has 0 aliphatic heterocycles. The Kier molecular flexibility index (Phi) is 3.75. The Morgan fingerprint density at radius 3 is 2.71 bits per heavy atom. The van der Waals surface area contributed by atoms with E-state index in [-0.39, 0.29) is 5.82 Å². The third-order valence-electron chi connectivity index (χ3n) is 2.31. The van der Waals surface area contributed by atoms with Gasteiger partial charge in [0.15, 0.2) is 0 Å². The zero-order valence-corrected chi connectivity index (χ0v) is 10.1. The summed E-state index contributed by atoms with van der Waals surface area (Å²) < 4.78 is 14.2. The van der Waals surface area contributed by atoms with Gasteiger partial charge in [-0.25, -0.2) is 9.07 Å². The highest BCUT2D eigenvalue weighted by molar-refractivity contribution is 7.99. The third kappa shape index (κ3) is 3.04. The van der Waals surface area contributed by atoms with E-state index in [1.165, 1.54) is 34.8 Å². The molecular weight excluding hydrogens is 241 g/mol. The van der Waals surface area contributed by atoms with Gasteiger partial charge in [-0.1, -0.05) is 5.21 Å². The second-order valence-corrected chi connectivity index (χ2v) is 4.66. The highest BCUT2D eigenvalue weighted by atomic mass is 32.2. The maximum absolute atomic E-state index is 12.7. The number of nitrogens with zero attached hydrogens (tertiary/aromatic N) is 3. The second kappa shape index (κ2) is 5.29. The lowest BCUT2D eigenvalue weighted by molar-refractivity contribution is 0.193. The highest BCUT2D eigenvalue weighted by Gasteiger charge is 2.12. The Morgan fingerprint density at radius 2 is 2.12 bits per heavy atom. The molecule has 6 heteroatoms. The molecule has 1 heterocycles. The smallest absolute Gasteiger partial charge is 0.123 e. The first-order valence-electron chi connectivity index (χ1n) is 5.08. The molecule has 90 valence electrons. The molecule has 2 rings (SSSR count). The fourth-order valence-electron chi connectivity index (χ4n) is 1.39. The second-order valence-electron chi connectivity index (χ2n) is 3.56. The molecule has 1 atom stereocenters. The van der Waals surface area contributed by atoms with E-state index < -0.39 is 6.10 Å². The molecular formula is C11H12FN3OS. The molecule has 0 bridgehead atoms. The molecule has 1 unspecified atom stereocenters. The summed E-state index contributed by atoms with van der Waals surface area (Å²) in [4.78, 5) is 0.917. The molecule has 0 amide bonds. The van der Waals surface area contributed by atoms with Crippen LogP contribution in [0.3, 0.4) is 0 Å². The molecule has 17 heavy (non-hydrogen) atoms. The molecule has 0 radical (unpaired) electrons. The van der Waals surface area contributed by atoms with Crippen LogP contribution in [0.1, 0.15) is 11.8 Å². The van der Waals surface area contributed by atoms with Crippen molar-refractivity contribution in [2.45, 2.75) is 11.0 Å². The van der Waals surface area contributed by atoms with Gasteiger partial charge in [0.25, 0.3) is 0 Å². The Morgan fingerprint density at radius 1 is 1.41 bits per heavy atom. The number of aromatic nitrogens is 3. The van der Waals surface area contributed by atoms with Crippen molar-refractivity contribution in [3.8, 4) is 0 Å². The first-order chi connectivity index (χ1) is 8.16. The lowest BCUT2D eigenvalue weighted by Gasteiger charge is -2.09. The van der Waals surface area contributed by atoms with E-state index in [9.17, 15) is 9.50 Å². The lowest BCUT2D eigenvalue weighted by atomic mass is 10.3. The van der Waals surface area contributed by atoms with Crippen LogP contribution in [-0.2, 0) is 7.05 Å². The summed E-state index contributed by atoms with van der Waals surface area (Å²) in [5, 5.41) is 17.4. The molecule has 0 aliphatic carbocycles. The Balaban J connectivity index is 1.94. The van der Waals surface area contributed by atoms with Crippen molar-refractivity contribution in [1.29, 1.82) is 0 Å².